The first kappa shape index (κ1) is 14.4. The highest BCUT2D eigenvalue weighted by Gasteiger charge is 2.21. The van der Waals surface area contributed by atoms with E-state index < -0.39 is 17.7 Å². The van der Waals surface area contributed by atoms with Gasteiger partial charge in [-0.15, -0.1) is 0 Å². The van der Waals surface area contributed by atoms with E-state index in [-0.39, 0.29) is 11.8 Å². The number of benzene rings is 1. The monoisotopic (exact) mass is 278 g/mol. The zero-order chi connectivity index (χ0) is 14.5. The van der Waals surface area contributed by atoms with E-state index in [0.717, 1.165) is 23.8 Å². The van der Waals surface area contributed by atoms with Crippen molar-refractivity contribution in [3.05, 3.63) is 59.9 Å². The van der Waals surface area contributed by atoms with Gasteiger partial charge in [0.05, 0.1) is 0 Å². The van der Waals surface area contributed by atoms with Crippen LogP contribution in [0, 0.1) is 11.6 Å². The van der Waals surface area contributed by atoms with Gasteiger partial charge in [0.1, 0.15) is 23.5 Å². The molecule has 0 aliphatic heterocycles. The molecule has 2 N–H and O–H groups in total. The first-order chi connectivity index (χ1) is 9.60. The number of hydrogen-bond donors (Lipinski definition) is 1. The molecule has 5 heteroatoms. The maximum absolute atomic E-state index is 13.2. The summed E-state index contributed by atoms with van der Waals surface area (Å²) in [6, 6.07) is 6.34. The van der Waals surface area contributed by atoms with Crippen molar-refractivity contribution in [3.63, 3.8) is 0 Å². The lowest BCUT2D eigenvalue weighted by atomic mass is 10.0. The molecule has 2 aromatic rings. The lowest BCUT2D eigenvalue weighted by Gasteiger charge is -2.24. The Bertz CT molecular complexity index is 543. The molecule has 0 amide bonds. The Kier molecular flexibility index (Phi) is 4.63. The van der Waals surface area contributed by atoms with E-state index in [1.54, 1.807) is 24.5 Å². The van der Waals surface area contributed by atoms with Crippen LogP contribution in [0.3, 0.4) is 0 Å². The van der Waals surface area contributed by atoms with Crippen molar-refractivity contribution in [1.29, 1.82) is 0 Å². The second-order valence-electron chi connectivity index (χ2n) is 4.50. The van der Waals surface area contributed by atoms with Crippen molar-refractivity contribution in [2.75, 3.05) is 0 Å². The van der Waals surface area contributed by atoms with Gasteiger partial charge < -0.3 is 10.5 Å². The van der Waals surface area contributed by atoms with Gasteiger partial charge in [-0.05, 0) is 24.1 Å². The molecule has 0 bridgehead atoms. The van der Waals surface area contributed by atoms with Crippen molar-refractivity contribution in [1.82, 2.24) is 4.98 Å². The van der Waals surface area contributed by atoms with Crippen LogP contribution in [0.5, 0.6) is 5.75 Å². The summed E-state index contributed by atoms with van der Waals surface area (Å²) in [6.45, 7) is 1.92. The van der Waals surface area contributed by atoms with Crippen LogP contribution in [-0.2, 0) is 0 Å². The minimum Gasteiger partial charge on any atom is -0.484 e. The van der Waals surface area contributed by atoms with Crippen LogP contribution in [0.15, 0.2) is 42.7 Å². The van der Waals surface area contributed by atoms with Crippen LogP contribution in [0.1, 0.15) is 25.0 Å². The predicted molar refractivity (Wildman–Crippen MR) is 72.2 cm³/mol. The third kappa shape index (κ3) is 3.51. The van der Waals surface area contributed by atoms with Gasteiger partial charge in [0, 0.05) is 36.6 Å². The number of nitrogens with zero attached hydrogens (tertiary/aromatic N) is 1. The van der Waals surface area contributed by atoms with Crippen LogP contribution in [-0.4, -0.2) is 11.0 Å². The van der Waals surface area contributed by atoms with E-state index in [2.05, 4.69) is 4.98 Å². The highest BCUT2D eigenvalue weighted by Crippen LogP contribution is 2.26. The molecule has 3 nitrogen and oxygen atoms in total. The zero-order valence-corrected chi connectivity index (χ0v) is 11.1. The number of pyridine rings is 1. The third-order valence-electron chi connectivity index (χ3n) is 2.99. The molecule has 0 spiro atoms. The number of ether oxygens (including phenoxy) is 1. The second kappa shape index (κ2) is 6.43. The molecule has 1 aromatic carbocycles. The fraction of sp³-hybridized carbons (Fsp3) is 0.267. The molecule has 0 fully saturated rings. The van der Waals surface area contributed by atoms with E-state index in [9.17, 15) is 8.78 Å². The molecule has 0 aliphatic carbocycles. The highest BCUT2D eigenvalue weighted by atomic mass is 19.1. The standard InChI is InChI=1S/C15H16F2N2O/c1-2-14(18)15(10-3-5-19-6-4-10)20-13-8-11(16)7-12(17)9-13/h3-9,14-15H,2,18H2,1H3. The molecule has 1 heterocycles. The maximum Gasteiger partial charge on any atom is 0.139 e. The van der Waals surface area contributed by atoms with Gasteiger partial charge in [-0.2, -0.15) is 0 Å². The van der Waals surface area contributed by atoms with E-state index in [4.69, 9.17) is 10.5 Å². The van der Waals surface area contributed by atoms with Crippen LogP contribution in [0.25, 0.3) is 0 Å². The Morgan fingerprint density at radius 2 is 1.75 bits per heavy atom. The van der Waals surface area contributed by atoms with Crippen LogP contribution < -0.4 is 10.5 Å². The van der Waals surface area contributed by atoms with Gasteiger partial charge in [0.15, 0.2) is 0 Å². The highest BCUT2D eigenvalue weighted by molar-refractivity contribution is 5.26. The van der Waals surface area contributed by atoms with Crippen molar-refractivity contribution in [3.8, 4) is 5.75 Å². The second-order valence-corrected chi connectivity index (χ2v) is 4.50. The van der Waals surface area contributed by atoms with Crippen molar-refractivity contribution in [2.45, 2.75) is 25.5 Å². The Hall–Kier alpha value is -2.01. The Labute approximate surface area is 116 Å². The van der Waals surface area contributed by atoms with Crippen LogP contribution in [0.4, 0.5) is 8.78 Å². The minimum atomic E-state index is -0.682. The Morgan fingerprint density at radius 3 is 2.30 bits per heavy atom. The zero-order valence-electron chi connectivity index (χ0n) is 11.1. The third-order valence-corrected chi connectivity index (χ3v) is 2.99. The SMILES string of the molecule is CCC(N)C(Oc1cc(F)cc(F)c1)c1ccncc1. The summed E-state index contributed by atoms with van der Waals surface area (Å²) < 4.78 is 32.1. The van der Waals surface area contributed by atoms with Crippen LogP contribution in [0.2, 0.25) is 0 Å². The average molecular weight is 278 g/mol. The van der Waals surface area contributed by atoms with Crippen molar-refractivity contribution in [2.24, 2.45) is 5.73 Å². The van der Waals surface area contributed by atoms with Gasteiger partial charge in [-0.25, -0.2) is 8.78 Å². The summed E-state index contributed by atoms with van der Waals surface area (Å²) in [6.07, 6.45) is 3.44. The van der Waals surface area contributed by atoms with Gasteiger partial charge >= 0.3 is 0 Å². The summed E-state index contributed by atoms with van der Waals surface area (Å²) in [5, 5.41) is 0. The largest absolute Gasteiger partial charge is 0.484 e. The summed E-state index contributed by atoms with van der Waals surface area (Å²) in [5.41, 5.74) is 6.86. The fourth-order valence-corrected chi connectivity index (χ4v) is 1.91. The molecule has 0 saturated heterocycles. The summed E-state index contributed by atoms with van der Waals surface area (Å²) >= 11 is 0. The molecule has 0 saturated carbocycles. The molecule has 20 heavy (non-hydrogen) atoms. The van der Waals surface area contributed by atoms with Crippen molar-refractivity contribution < 1.29 is 13.5 Å². The van der Waals surface area contributed by atoms with E-state index >= 15 is 0 Å². The van der Waals surface area contributed by atoms with E-state index in [1.165, 1.54) is 0 Å². The Morgan fingerprint density at radius 1 is 1.15 bits per heavy atom. The maximum atomic E-state index is 13.2. The molecular weight excluding hydrogens is 262 g/mol. The van der Waals surface area contributed by atoms with Gasteiger partial charge in [-0.1, -0.05) is 6.92 Å². The van der Waals surface area contributed by atoms with Gasteiger partial charge in [0.25, 0.3) is 0 Å². The van der Waals surface area contributed by atoms with Crippen molar-refractivity contribution >= 4 is 0 Å². The van der Waals surface area contributed by atoms with E-state index in [1.807, 2.05) is 6.92 Å². The first-order valence-electron chi connectivity index (χ1n) is 6.38. The molecule has 0 radical (unpaired) electrons. The minimum absolute atomic E-state index is 0.119. The predicted octanol–water partition coefficient (Wildman–Crippen LogP) is 3.22. The Balaban J connectivity index is 2.28. The lowest BCUT2D eigenvalue weighted by molar-refractivity contribution is 0.169. The quantitative estimate of drug-likeness (QED) is 0.913. The van der Waals surface area contributed by atoms with Crippen LogP contribution >= 0.6 is 0 Å². The number of aromatic nitrogens is 1. The average Bonchev–Trinajstić information content (AvgIpc) is 2.44. The molecule has 2 atom stereocenters. The first-order valence-corrected chi connectivity index (χ1v) is 6.38. The number of nitrogens with two attached hydrogens (primary N) is 1. The van der Waals surface area contributed by atoms with E-state index in [0.29, 0.717) is 6.42 Å². The van der Waals surface area contributed by atoms with Gasteiger partial charge in [0.2, 0.25) is 0 Å². The number of hydrogen-bond acceptors (Lipinski definition) is 3. The normalized spacial score (nSPS) is 13.8. The topological polar surface area (TPSA) is 48.1 Å². The molecule has 2 unspecified atom stereocenters. The summed E-state index contributed by atoms with van der Waals surface area (Å²) in [5.74, 6) is -1.25. The smallest absolute Gasteiger partial charge is 0.139 e. The van der Waals surface area contributed by atoms with Gasteiger partial charge in [-0.3, -0.25) is 4.98 Å². The fourth-order valence-electron chi connectivity index (χ4n) is 1.91. The summed E-state index contributed by atoms with van der Waals surface area (Å²) in [7, 11) is 0. The lowest BCUT2D eigenvalue weighted by Crippen LogP contribution is -2.31. The molecule has 106 valence electrons. The molecule has 0 aliphatic rings. The molecule has 2 rings (SSSR count). The molecule has 1 aromatic heterocycles. The number of halogens is 2. The summed E-state index contributed by atoms with van der Waals surface area (Å²) in [4.78, 5) is 3.93. The number of rotatable bonds is 5. The molecular formula is C15H16F2N2O.